The van der Waals surface area contributed by atoms with E-state index in [2.05, 4.69) is 37.4 Å². The SMILES string of the molecule is CCCCCCCCCCCCC[C@@H](C)CNc1ccc2cc(C(=O)Oc3ccccc3)ccc2c1. The van der Waals surface area contributed by atoms with Gasteiger partial charge in [-0.15, -0.1) is 0 Å². The minimum atomic E-state index is -0.332. The molecule has 0 spiro atoms. The second-order valence-corrected chi connectivity index (χ2v) is 10.3. The minimum Gasteiger partial charge on any atom is -0.423 e. The molecule has 0 unspecified atom stereocenters. The number of anilines is 1. The molecule has 3 nitrogen and oxygen atoms in total. The number of fused-ring (bicyclic) bond motifs is 1. The Morgan fingerprint density at radius 2 is 1.36 bits per heavy atom. The van der Waals surface area contributed by atoms with Crippen LogP contribution in [0.25, 0.3) is 10.8 Å². The van der Waals surface area contributed by atoms with E-state index in [4.69, 9.17) is 4.74 Å². The molecule has 0 aliphatic rings. The van der Waals surface area contributed by atoms with Gasteiger partial charge < -0.3 is 10.1 Å². The van der Waals surface area contributed by atoms with Crippen LogP contribution in [0.3, 0.4) is 0 Å². The van der Waals surface area contributed by atoms with Crippen molar-refractivity contribution in [3.63, 3.8) is 0 Å². The van der Waals surface area contributed by atoms with Crippen molar-refractivity contribution in [2.45, 2.75) is 90.9 Å². The van der Waals surface area contributed by atoms with Crippen LogP contribution < -0.4 is 10.1 Å². The van der Waals surface area contributed by atoms with Gasteiger partial charge in [-0.1, -0.05) is 115 Å². The van der Waals surface area contributed by atoms with E-state index in [0.29, 0.717) is 17.2 Å². The summed E-state index contributed by atoms with van der Waals surface area (Å²) in [7, 11) is 0. The van der Waals surface area contributed by atoms with E-state index in [0.717, 1.165) is 23.0 Å². The third-order valence-corrected chi connectivity index (χ3v) is 6.98. The maximum Gasteiger partial charge on any atom is 0.343 e. The predicted molar refractivity (Wildman–Crippen MR) is 154 cm³/mol. The van der Waals surface area contributed by atoms with Crippen LogP contribution in [0.15, 0.2) is 66.7 Å². The monoisotopic (exact) mass is 487 g/mol. The zero-order chi connectivity index (χ0) is 25.4. The molecule has 0 radical (unpaired) electrons. The Bertz CT molecular complexity index is 1030. The van der Waals surface area contributed by atoms with Gasteiger partial charge >= 0.3 is 5.97 Å². The van der Waals surface area contributed by atoms with Crippen molar-refractivity contribution in [1.82, 2.24) is 0 Å². The molecule has 0 saturated heterocycles. The average molecular weight is 488 g/mol. The summed E-state index contributed by atoms with van der Waals surface area (Å²) in [6.07, 6.45) is 16.6. The number of para-hydroxylation sites is 1. The molecule has 0 saturated carbocycles. The summed E-state index contributed by atoms with van der Waals surface area (Å²) in [5, 5.41) is 5.76. The highest BCUT2D eigenvalue weighted by atomic mass is 16.5. The van der Waals surface area contributed by atoms with Crippen molar-refractivity contribution >= 4 is 22.4 Å². The van der Waals surface area contributed by atoms with E-state index in [1.807, 2.05) is 36.4 Å². The van der Waals surface area contributed by atoms with Crippen LogP contribution in [-0.2, 0) is 0 Å². The van der Waals surface area contributed by atoms with Crippen LogP contribution in [0.2, 0.25) is 0 Å². The second-order valence-electron chi connectivity index (χ2n) is 10.3. The maximum atomic E-state index is 12.5. The molecule has 0 heterocycles. The molecule has 36 heavy (non-hydrogen) atoms. The average Bonchev–Trinajstić information content (AvgIpc) is 2.90. The lowest BCUT2D eigenvalue weighted by Gasteiger charge is -2.14. The van der Waals surface area contributed by atoms with Gasteiger partial charge in [-0.3, -0.25) is 0 Å². The highest BCUT2D eigenvalue weighted by Gasteiger charge is 2.10. The Hall–Kier alpha value is -2.81. The van der Waals surface area contributed by atoms with E-state index >= 15 is 0 Å². The molecule has 3 heteroatoms. The van der Waals surface area contributed by atoms with Gasteiger partial charge in [0.05, 0.1) is 5.56 Å². The van der Waals surface area contributed by atoms with Crippen LogP contribution in [0.5, 0.6) is 5.75 Å². The van der Waals surface area contributed by atoms with Crippen molar-refractivity contribution in [3.05, 3.63) is 72.3 Å². The fraction of sp³-hybridized carbons (Fsp3) is 0.485. The first kappa shape index (κ1) is 27.8. The number of benzene rings is 3. The van der Waals surface area contributed by atoms with Crippen molar-refractivity contribution in [3.8, 4) is 5.75 Å². The van der Waals surface area contributed by atoms with Gasteiger partial charge in [0.15, 0.2) is 0 Å². The first-order valence-electron chi connectivity index (χ1n) is 14.2. The summed E-state index contributed by atoms with van der Waals surface area (Å²) in [6, 6.07) is 21.3. The molecular weight excluding hydrogens is 442 g/mol. The number of rotatable bonds is 17. The molecule has 1 N–H and O–H groups in total. The summed E-state index contributed by atoms with van der Waals surface area (Å²) in [5.74, 6) is 0.889. The van der Waals surface area contributed by atoms with Gasteiger partial charge in [0.1, 0.15) is 5.75 Å². The lowest BCUT2D eigenvalue weighted by atomic mass is 10.0. The summed E-state index contributed by atoms with van der Waals surface area (Å²) in [6.45, 7) is 5.62. The molecule has 0 aliphatic heterocycles. The topological polar surface area (TPSA) is 38.3 Å². The summed E-state index contributed by atoms with van der Waals surface area (Å²) in [5.41, 5.74) is 1.69. The summed E-state index contributed by atoms with van der Waals surface area (Å²) in [4.78, 5) is 12.5. The molecular formula is C33H45NO2. The Balaban J connectivity index is 1.33. The van der Waals surface area contributed by atoms with Gasteiger partial charge in [-0.05, 0) is 59.5 Å². The van der Waals surface area contributed by atoms with E-state index in [9.17, 15) is 4.79 Å². The highest BCUT2D eigenvalue weighted by Crippen LogP contribution is 2.23. The number of carbonyl (C=O) groups is 1. The third-order valence-electron chi connectivity index (χ3n) is 6.98. The van der Waals surface area contributed by atoms with Crippen molar-refractivity contribution < 1.29 is 9.53 Å². The minimum absolute atomic E-state index is 0.332. The quantitative estimate of drug-likeness (QED) is 0.117. The molecule has 0 amide bonds. The van der Waals surface area contributed by atoms with Crippen molar-refractivity contribution in [2.24, 2.45) is 5.92 Å². The fourth-order valence-corrected chi connectivity index (χ4v) is 4.69. The van der Waals surface area contributed by atoms with E-state index in [1.54, 1.807) is 12.1 Å². The Morgan fingerprint density at radius 3 is 2.06 bits per heavy atom. The standard InChI is InChI=1S/C33H45NO2/c1-3-4-5-6-7-8-9-10-11-12-14-17-27(2)26-34-31-23-22-28-24-30(21-20-29(28)25-31)33(35)36-32-18-15-13-16-19-32/h13,15-16,18-25,27,34H,3-12,14,17,26H2,1-2H3/t27-/m1/s1. The lowest BCUT2D eigenvalue weighted by Crippen LogP contribution is -2.11. The van der Waals surface area contributed by atoms with Gasteiger partial charge in [-0.2, -0.15) is 0 Å². The van der Waals surface area contributed by atoms with Gasteiger partial charge in [0.25, 0.3) is 0 Å². The van der Waals surface area contributed by atoms with Crippen LogP contribution in [0.4, 0.5) is 5.69 Å². The van der Waals surface area contributed by atoms with Crippen molar-refractivity contribution in [1.29, 1.82) is 0 Å². The first-order valence-corrected chi connectivity index (χ1v) is 14.2. The third kappa shape index (κ3) is 10.0. The van der Waals surface area contributed by atoms with Gasteiger partial charge in [-0.25, -0.2) is 4.79 Å². The van der Waals surface area contributed by atoms with Crippen LogP contribution in [0.1, 0.15) is 101 Å². The van der Waals surface area contributed by atoms with Gasteiger partial charge in [0, 0.05) is 12.2 Å². The van der Waals surface area contributed by atoms with Crippen LogP contribution >= 0.6 is 0 Å². The second kappa shape index (κ2) is 16.0. The number of unbranched alkanes of at least 4 members (excludes halogenated alkanes) is 10. The Kier molecular flexibility index (Phi) is 12.4. The number of carbonyl (C=O) groups excluding carboxylic acids is 1. The molecule has 1 atom stereocenters. The Labute approximate surface area is 218 Å². The predicted octanol–water partition coefficient (Wildman–Crippen LogP) is 9.81. The normalized spacial score (nSPS) is 11.9. The fourth-order valence-electron chi connectivity index (χ4n) is 4.69. The molecule has 3 aromatic carbocycles. The highest BCUT2D eigenvalue weighted by molar-refractivity contribution is 5.97. The molecule has 3 aromatic rings. The molecule has 0 fully saturated rings. The lowest BCUT2D eigenvalue weighted by molar-refractivity contribution is 0.0735. The summed E-state index contributed by atoms with van der Waals surface area (Å²) < 4.78 is 5.47. The van der Waals surface area contributed by atoms with Crippen LogP contribution in [-0.4, -0.2) is 12.5 Å². The zero-order valence-corrected chi connectivity index (χ0v) is 22.4. The molecule has 0 bridgehead atoms. The number of hydrogen-bond acceptors (Lipinski definition) is 3. The smallest absolute Gasteiger partial charge is 0.343 e. The summed E-state index contributed by atoms with van der Waals surface area (Å²) >= 11 is 0. The molecule has 0 aliphatic carbocycles. The Morgan fingerprint density at radius 1 is 0.750 bits per heavy atom. The number of hydrogen-bond donors (Lipinski definition) is 1. The largest absolute Gasteiger partial charge is 0.423 e. The van der Waals surface area contributed by atoms with Gasteiger partial charge in [0.2, 0.25) is 0 Å². The zero-order valence-electron chi connectivity index (χ0n) is 22.4. The number of ether oxygens (including phenoxy) is 1. The number of esters is 1. The molecule has 194 valence electrons. The van der Waals surface area contributed by atoms with Crippen molar-refractivity contribution in [2.75, 3.05) is 11.9 Å². The van der Waals surface area contributed by atoms with E-state index in [1.165, 1.54) is 77.0 Å². The molecule has 3 rings (SSSR count). The first-order chi connectivity index (χ1) is 17.7. The maximum absolute atomic E-state index is 12.5. The molecule has 0 aromatic heterocycles. The van der Waals surface area contributed by atoms with E-state index < -0.39 is 0 Å². The number of nitrogens with one attached hydrogen (secondary N) is 1. The van der Waals surface area contributed by atoms with E-state index in [-0.39, 0.29) is 5.97 Å². The van der Waals surface area contributed by atoms with Crippen LogP contribution in [0, 0.1) is 5.92 Å².